The van der Waals surface area contributed by atoms with Gasteiger partial charge in [-0.15, -0.1) is 0 Å². The number of ether oxygens (including phenoxy) is 1. The van der Waals surface area contributed by atoms with Crippen LogP contribution in [0.4, 0.5) is 4.39 Å². The second kappa shape index (κ2) is 9.01. The number of aromatic nitrogens is 2. The van der Waals surface area contributed by atoms with Crippen LogP contribution in [0, 0.1) is 12.7 Å². The van der Waals surface area contributed by atoms with Crippen LogP contribution in [0.5, 0.6) is 0 Å². The number of rotatable bonds is 8. The van der Waals surface area contributed by atoms with E-state index in [-0.39, 0.29) is 17.5 Å². The molecule has 1 N–H and O–H groups in total. The monoisotopic (exact) mass is 387 g/mol. The van der Waals surface area contributed by atoms with Crippen LogP contribution in [0.2, 0.25) is 0 Å². The maximum absolute atomic E-state index is 13.3. The number of imidazole rings is 1. The van der Waals surface area contributed by atoms with Crippen molar-refractivity contribution in [2.24, 2.45) is 0 Å². The minimum Gasteiger partial charge on any atom is -0.383 e. The predicted octanol–water partition coefficient (Wildman–Crippen LogP) is 3.54. The van der Waals surface area contributed by atoms with Crippen LogP contribution >= 0.6 is 11.8 Å². The Hall–Kier alpha value is -2.38. The van der Waals surface area contributed by atoms with Crippen molar-refractivity contribution in [2.45, 2.75) is 25.2 Å². The van der Waals surface area contributed by atoms with Gasteiger partial charge in [0.25, 0.3) is 0 Å². The zero-order chi connectivity index (χ0) is 19.2. The smallest absolute Gasteiger partial charge is 0.230 e. The number of hydrogen-bond donors (Lipinski definition) is 1. The zero-order valence-corrected chi connectivity index (χ0v) is 16.2. The average molecular weight is 387 g/mol. The lowest BCUT2D eigenvalue weighted by molar-refractivity contribution is -0.118. The summed E-state index contributed by atoms with van der Waals surface area (Å²) in [6, 6.07) is 12.7. The molecule has 0 aliphatic carbocycles. The van der Waals surface area contributed by atoms with Crippen molar-refractivity contribution in [2.75, 3.05) is 19.5 Å². The number of carbonyl (C=O) groups excluding carboxylic acids is 1. The molecule has 1 heterocycles. The van der Waals surface area contributed by atoms with E-state index in [1.54, 1.807) is 26.2 Å². The quantitative estimate of drug-likeness (QED) is 0.601. The number of amides is 1. The third kappa shape index (κ3) is 4.87. The van der Waals surface area contributed by atoms with Crippen LogP contribution < -0.4 is 5.32 Å². The molecule has 27 heavy (non-hydrogen) atoms. The maximum atomic E-state index is 13.3. The SMILES string of the molecule is COCCn1c(SCC(=O)NCc2ccc(F)c(C)c2)nc2ccccc21. The van der Waals surface area contributed by atoms with E-state index in [9.17, 15) is 9.18 Å². The summed E-state index contributed by atoms with van der Waals surface area (Å²) < 4.78 is 20.6. The van der Waals surface area contributed by atoms with Gasteiger partial charge in [0.1, 0.15) is 5.82 Å². The Labute approximate surface area is 161 Å². The van der Waals surface area contributed by atoms with Gasteiger partial charge >= 0.3 is 0 Å². The Kier molecular flexibility index (Phi) is 6.47. The van der Waals surface area contributed by atoms with Gasteiger partial charge in [0.2, 0.25) is 5.91 Å². The van der Waals surface area contributed by atoms with E-state index in [1.807, 2.05) is 24.3 Å². The van der Waals surface area contributed by atoms with Crippen LogP contribution in [0.25, 0.3) is 11.0 Å². The van der Waals surface area contributed by atoms with E-state index >= 15 is 0 Å². The van der Waals surface area contributed by atoms with Crippen molar-refractivity contribution in [3.8, 4) is 0 Å². The number of methoxy groups -OCH3 is 1. The van der Waals surface area contributed by atoms with Crippen LogP contribution in [-0.2, 0) is 22.6 Å². The first kappa shape index (κ1) is 19.4. The molecular formula is C20H22FN3O2S. The number of thioether (sulfide) groups is 1. The van der Waals surface area contributed by atoms with Gasteiger partial charge in [0, 0.05) is 20.2 Å². The minimum absolute atomic E-state index is 0.0904. The van der Waals surface area contributed by atoms with Crippen molar-refractivity contribution in [3.05, 3.63) is 59.4 Å². The topological polar surface area (TPSA) is 56.1 Å². The number of carbonyl (C=O) groups is 1. The molecule has 0 saturated carbocycles. The van der Waals surface area contributed by atoms with E-state index in [4.69, 9.17) is 4.74 Å². The molecule has 0 spiro atoms. The molecule has 7 heteroatoms. The molecule has 0 bridgehead atoms. The van der Waals surface area contributed by atoms with Gasteiger partial charge in [-0.2, -0.15) is 0 Å². The number of halogens is 1. The summed E-state index contributed by atoms with van der Waals surface area (Å²) >= 11 is 1.40. The van der Waals surface area contributed by atoms with E-state index in [0.717, 1.165) is 21.8 Å². The third-order valence-corrected chi connectivity index (χ3v) is 5.16. The highest BCUT2D eigenvalue weighted by atomic mass is 32.2. The Bertz CT molecular complexity index is 942. The molecule has 0 aliphatic rings. The molecular weight excluding hydrogens is 365 g/mol. The van der Waals surface area contributed by atoms with Crippen LogP contribution in [0.3, 0.4) is 0 Å². The van der Waals surface area contributed by atoms with Crippen LogP contribution in [-0.4, -0.2) is 34.9 Å². The molecule has 5 nitrogen and oxygen atoms in total. The number of nitrogens with zero attached hydrogens (tertiary/aromatic N) is 2. The highest BCUT2D eigenvalue weighted by Gasteiger charge is 2.13. The summed E-state index contributed by atoms with van der Waals surface area (Å²) in [5, 5.41) is 3.66. The van der Waals surface area contributed by atoms with E-state index in [2.05, 4.69) is 14.9 Å². The highest BCUT2D eigenvalue weighted by molar-refractivity contribution is 7.99. The lowest BCUT2D eigenvalue weighted by Gasteiger charge is -2.09. The molecule has 2 aromatic carbocycles. The molecule has 0 radical (unpaired) electrons. The summed E-state index contributed by atoms with van der Waals surface area (Å²) in [4.78, 5) is 16.8. The average Bonchev–Trinajstić information content (AvgIpc) is 3.03. The lowest BCUT2D eigenvalue weighted by atomic mass is 10.1. The summed E-state index contributed by atoms with van der Waals surface area (Å²) in [5.74, 6) is -0.0702. The van der Waals surface area contributed by atoms with Crippen molar-refractivity contribution in [1.82, 2.24) is 14.9 Å². The van der Waals surface area contributed by atoms with Crippen LogP contribution in [0.15, 0.2) is 47.6 Å². The molecule has 0 saturated heterocycles. The van der Waals surface area contributed by atoms with Gasteiger partial charge in [0.05, 0.1) is 23.4 Å². The molecule has 3 aromatic rings. The third-order valence-electron chi connectivity index (χ3n) is 4.18. The Morgan fingerprint density at radius 1 is 1.30 bits per heavy atom. The van der Waals surface area contributed by atoms with Gasteiger partial charge in [-0.3, -0.25) is 4.79 Å². The number of nitrogens with one attached hydrogen (secondary N) is 1. The summed E-state index contributed by atoms with van der Waals surface area (Å²) in [6.07, 6.45) is 0. The first-order chi connectivity index (χ1) is 13.1. The van der Waals surface area contributed by atoms with Gasteiger partial charge < -0.3 is 14.6 Å². The van der Waals surface area contributed by atoms with E-state index in [0.29, 0.717) is 25.3 Å². The second-order valence-corrected chi connectivity index (χ2v) is 7.12. The molecule has 0 atom stereocenters. The predicted molar refractivity (Wildman–Crippen MR) is 105 cm³/mol. The fourth-order valence-corrected chi connectivity index (χ4v) is 3.63. The lowest BCUT2D eigenvalue weighted by Crippen LogP contribution is -2.24. The summed E-state index contributed by atoms with van der Waals surface area (Å²) in [7, 11) is 1.66. The number of aryl methyl sites for hydroxylation is 1. The molecule has 1 aromatic heterocycles. The zero-order valence-electron chi connectivity index (χ0n) is 15.4. The summed E-state index contributed by atoms with van der Waals surface area (Å²) in [5.41, 5.74) is 3.38. The Balaban J connectivity index is 1.61. The normalized spacial score (nSPS) is 11.1. The van der Waals surface area contributed by atoms with Gasteiger partial charge in [-0.1, -0.05) is 36.0 Å². The van der Waals surface area contributed by atoms with E-state index < -0.39 is 0 Å². The highest BCUT2D eigenvalue weighted by Crippen LogP contribution is 2.24. The first-order valence-corrected chi connectivity index (χ1v) is 9.66. The standard InChI is InChI=1S/C20H22FN3O2S/c1-14-11-15(7-8-16(14)21)12-22-19(25)13-27-20-23-17-5-3-4-6-18(17)24(20)9-10-26-2/h3-8,11H,9-10,12-13H2,1-2H3,(H,22,25). The van der Waals surface area contributed by atoms with Gasteiger partial charge in [-0.05, 0) is 36.2 Å². The molecule has 1 amide bonds. The second-order valence-electron chi connectivity index (χ2n) is 6.18. The largest absolute Gasteiger partial charge is 0.383 e. The first-order valence-electron chi connectivity index (χ1n) is 8.67. The van der Waals surface area contributed by atoms with Crippen molar-refractivity contribution >= 4 is 28.7 Å². The molecule has 0 fully saturated rings. The van der Waals surface area contributed by atoms with Crippen molar-refractivity contribution in [3.63, 3.8) is 0 Å². The maximum Gasteiger partial charge on any atom is 0.230 e. The fraction of sp³-hybridized carbons (Fsp3) is 0.300. The Morgan fingerprint density at radius 2 is 2.11 bits per heavy atom. The van der Waals surface area contributed by atoms with E-state index in [1.165, 1.54) is 17.8 Å². The van der Waals surface area contributed by atoms with Crippen molar-refractivity contribution in [1.29, 1.82) is 0 Å². The fourth-order valence-electron chi connectivity index (χ4n) is 2.76. The molecule has 0 unspecified atom stereocenters. The number of benzene rings is 2. The molecule has 0 aliphatic heterocycles. The molecule has 142 valence electrons. The van der Waals surface area contributed by atoms with Crippen molar-refractivity contribution < 1.29 is 13.9 Å². The van der Waals surface area contributed by atoms with Crippen LogP contribution in [0.1, 0.15) is 11.1 Å². The molecule has 3 rings (SSSR count). The summed E-state index contributed by atoms with van der Waals surface area (Å²) in [6.45, 7) is 3.33. The van der Waals surface area contributed by atoms with Gasteiger partial charge in [-0.25, -0.2) is 9.37 Å². The Morgan fingerprint density at radius 3 is 2.89 bits per heavy atom. The number of fused-ring (bicyclic) bond motifs is 1. The van der Waals surface area contributed by atoms with Gasteiger partial charge in [0.15, 0.2) is 5.16 Å². The minimum atomic E-state index is -0.240. The number of para-hydroxylation sites is 2. The number of hydrogen-bond acceptors (Lipinski definition) is 4.